The van der Waals surface area contributed by atoms with Gasteiger partial charge in [0.05, 0.1) is 13.1 Å². The highest BCUT2D eigenvalue weighted by Gasteiger charge is 2.10. The molecule has 22 heavy (non-hydrogen) atoms. The topological polar surface area (TPSA) is 73.5 Å². The van der Waals surface area contributed by atoms with E-state index >= 15 is 0 Å². The van der Waals surface area contributed by atoms with Gasteiger partial charge < -0.3 is 15.5 Å². The monoisotopic (exact) mass is 304 g/mol. The van der Waals surface area contributed by atoms with E-state index in [0.29, 0.717) is 0 Å². The van der Waals surface area contributed by atoms with Crippen molar-refractivity contribution >= 4 is 23.2 Å². The zero-order valence-electron chi connectivity index (χ0n) is 13.0. The first-order valence-corrected chi connectivity index (χ1v) is 7.75. The third kappa shape index (κ3) is 5.04. The van der Waals surface area contributed by atoms with E-state index in [1.165, 1.54) is 24.9 Å². The average Bonchev–Trinajstić information content (AvgIpc) is 2.56. The van der Waals surface area contributed by atoms with Gasteiger partial charge in [0.15, 0.2) is 0 Å². The molecule has 1 saturated heterocycles. The molecular formula is C16H24N4O2. The van der Waals surface area contributed by atoms with E-state index in [9.17, 15) is 9.59 Å². The summed E-state index contributed by atoms with van der Waals surface area (Å²) < 4.78 is 0. The van der Waals surface area contributed by atoms with Crippen LogP contribution in [0.3, 0.4) is 0 Å². The molecule has 0 aromatic heterocycles. The molecule has 0 spiro atoms. The van der Waals surface area contributed by atoms with E-state index in [4.69, 9.17) is 0 Å². The first-order chi connectivity index (χ1) is 10.7. The van der Waals surface area contributed by atoms with Gasteiger partial charge in [-0.05, 0) is 43.5 Å². The number of likely N-dealkylation sites (N-methyl/N-ethyl adjacent to an activating group) is 1. The smallest absolute Gasteiger partial charge is 0.238 e. The number of carbonyl (C=O) groups is 2. The predicted octanol–water partition coefficient (Wildman–Crippen LogP) is 0.951. The Hall–Kier alpha value is -2.08. The van der Waals surface area contributed by atoms with E-state index in [1.54, 1.807) is 7.05 Å². The molecule has 120 valence electrons. The van der Waals surface area contributed by atoms with Crippen LogP contribution in [0.15, 0.2) is 24.3 Å². The fourth-order valence-electron chi connectivity index (χ4n) is 2.49. The first kappa shape index (κ1) is 16.3. The minimum absolute atomic E-state index is 0.112. The molecule has 2 rings (SSSR count). The zero-order chi connectivity index (χ0) is 15.8. The van der Waals surface area contributed by atoms with Crippen LogP contribution in [0.1, 0.15) is 19.3 Å². The van der Waals surface area contributed by atoms with Gasteiger partial charge in [-0.1, -0.05) is 0 Å². The number of benzene rings is 1. The van der Waals surface area contributed by atoms with Crippen molar-refractivity contribution in [3.8, 4) is 0 Å². The van der Waals surface area contributed by atoms with Gasteiger partial charge >= 0.3 is 0 Å². The van der Waals surface area contributed by atoms with Gasteiger partial charge in [0.1, 0.15) is 0 Å². The second-order valence-corrected chi connectivity index (χ2v) is 5.42. The van der Waals surface area contributed by atoms with Crippen molar-refractivity contribution in [3.05, 3.63) is 24.3 Å². The molecule has 3 N–H and O–H groups in total. The molecule has 0 radical (unpaired) electrons. The number of amides is 2. The normalized spacial score (nSPS) is 14.5. The van der Waals surface area contributed by atoms with Crippen LogP contribution in [0.2, 0.25) is 0 Å². The van der Waals surface area contributed by atoms with E-state index < -0.39 is 0 Å². The van der Waals surface area contributed by atoms with E-state index in [0.717, 1.165) is 18.8 Å². The molecular weight excluding hydrogens is 280 g/mol. The predicted molar refractivity (Wildman–Crippen MR) is 88.1 cm³/mol. The highest BCUT2D eigenvalue weighted by atomic mass is 16.2. The number of nitrogens with zero attached hydrogens (tertiary/aromatic N) is 1. The van der Waals surface area contributed by atoms with Crippen LogP contribution in [0.4, 0.5) is 11.4 Å². The van der Waals surface area contributed by atoms with Gasteiger partial charge in [0.2, 0.25) is 11.8 Å². The average molecular weight is 304 g/mol. The summed E-state index contributed by atoms with van der Waals surface area (Å²) in [5, 5.41) is 8.09. The molecule has 2 amide bonds. The van der Waals surface area contributed by atoms with Crippen LogP contribution in [0.5, 0.6) is 0 Å². The maximum atomic E-state index is 11.8. The van der Waals surface area contributed by atoms with Crippen molar-refractivity contribution in [2.75, 3.05) is 43.4 Å². The summed E-state index contributed by atoms with van der Waals surface area (Å²) in [4.78, 5) is 25.2. The number of piperidine rings is 1. The molecule has 6 heteroatoms. The number of carbonyl (C=O) groups excluding carboxylic acids is 2. The van der Waals surface area contributed by atoms with Gasteiger partial charge in [-0.15, -0.1) is 0 Å². The summed E-state index contributed by atoms with van der Waals surface area (Å²) in [6.45, 7) is 2.46. The van der Waals surface area contributed by atoms with Crippen LogP contribution in [-0.2, 0) is 9.59 Å². The lowest BCUT2D eigenvalue weighted by Gasteiger charge is -2.28. The van der Waals surface area contributed by atoms with Crippen LogP contribution in [0.25, 0.3) is 0 Å². The quantitative estimate of drug-likeness (QED) is 0.731. The number of hydrogen-bond donors (Lipinski definition) is 3. The van der Waals surface area contributed by atoms with Gasteiger partial charge in [-0.2, -0.15) is 0 Å². The van der Waals surface area contributed by atoms with Crippen LogP contribution < -0.4 is 20.9 Å². The van der Waals surface area contributed by atoms with E-state index in [2.05, 4.69) is 20.9 Å². The minimum Gasteiger partial charge on any atom is -0.372 e. The summed E-state index contributed by atoms with van der Waals surface area (Å²) in [6.07, 6.45) is 3.80. The lowest BCUT2D eigenvalue weighted by Crippen LogP contribution is -2.36. The van der Waals surface area contributed by atoms with Gasteiger partial charge in [0, 0.05) is 31.5 Å². The first-order valence-electron chi connectivity index (χ1n) is 7.75. The molecule has 0 atom stereocenters. The Morgan fingerprint density at radius 2 is 1.64 bits per heavy atom. The van der Waals surface area contributed by atoms with Crippen molar-refractivity contribution < 1.29 is 9.59 Å². The molecule has 1 aliphatic rings. The second-order valence-electron chi connectivity index (χ2n) is 5.42. The van der Waals surface area contributed by atoms with E-state index in [1.807, 2.05) is 24.3 Å². The molecule has 1 fully saturated rings. The van der Waals surface area contributed by atoms with Gasteiger partial charge in [-0.3, -0.25) is 14.9 Å². The summed E-state index contributed by atoms with van der Waals surface area (Å²) in [6, 6.07) is 7.92. The van der Waals surface area contributed by atoms with Crippen molar-refractivity contribution in [1.82, 2.24) is 10.6 Å². The number of anilines is 2. The zero-order valence-corrected chi connectivity index (χ0v) is 13.0. The maximum Gasteiger partial charge on any atom is 0.238 e. The highest BCUT2D eigenvalue weighted by Crippen LogP contribution is 2.21. The summed E-state index contributed by atoms with van der Waals surface area (Å²) in [7, 11) is 1.56. The van der Waals surface area contributed by atoms with E-state index in [-0.39, 0.29) is 24.9 Å². The fourth-order valence-corrected chi connectivity index (χ4v) is 2.49. The molecule has 0 bridgehead atoms. The standard InChI is InChI=1S/C16H24N4O2/c1-17-15(21)11-18-12-16(22)19-13-5-7-14(8-6-13)20-9-3-2-4-10-20/h5-8,18H,2-4,9-12H2,1H3,(H,17,21)(H,19,22). The summed E-state index contributed by atoms with van der Waals surface area (Å²) >= 11 is 0. The molecule has 0 aliphatic carbocycles. The molecule has 6 nitrogen and oxygen atoms in total. The van der Waals surface area contributed by atoms with Crippen molar-refractivity contribution in [2.24, 2.45) is 0 Å². The maximum absolute atomic E-state index is 11.8. The fraction of sp³-hybridized carbons (Fsp3) is 0.500. The molecule has 0 saturated carbocycles. The SMILES string of the molecule is CNC(=O)CNCC(=O)Nc1ccc(N2CCCCC2)cc1. The lowest BCUT2D eigenvalue weighted by molar-refractivity contribution is -0.119. The van der Waals surface area contributed by atoms with Crippen molar-refractivity contribution in [3.63, 3.8) is 0 Å². The second kappa shape index (κ2) is 8.38. The number of nitrogens with one attached hydrogen (secondary N) is 3. The Balaban J connectivity index is 1.78. The number of hydrogen-bond acceptors (Lipinski definition) is 4. The third-order valence-electron chi connectivity index (χ3n) is 3.72. The Morgan fingerprint density at radius 1 is 1.00 bits per heavy atom. The Labute approximate surface area is 131 Å². The molecule has 1 aliphatic heterocycles. The Kier molecular flexibility index (Phi) is 6.21. The third-order valence-corrected chi connectivity index (χ3v) is 3.72. The minimum atomic E-state index is -0.158. The highest BCUT2D eigenvalue weighted by molar-refractivity contribution is 5.92. The Morgan fingerprint density at radius 3 is 2.27 bits per heavy atom. The van der Waals surface area contributed by atoms with Gasteiger partial charge in [-0.25, -0.2) is 0 Å². The number of rotatable bonds is 6. The van der Waals surface area contributed by atoms with Crippen LogP contribution in [0, 0.1) is 0 Å². The van der Waals surface area contributed by atoms with Crippen LogP contribution in [-0.4, -0.2) is 45.0 Å². The molecule has 0 unspecified atom stereocenters. The summed E-state index contributed by atoms with van der Waals surface area (Å²) in [5.41, 5.74) is 1.97. The van der Waals surface area contributed by atoms with Gasteiger partial charge in [0.25, 0.3) is 0 Å². The van der Waals surface area contributed by atoms with Crippen molar-refractivity contribution in [1.29, 1.82) is 0 Å². The largest absolute Gasteiger partial charge is 0.372 e. The van der Waals surface area contributed by atoms with Crippen LogP contribution >= 0.6 is 0 Å². The summed E-state index contributed by atoms with van der Waals surface area (Å²) in [5.74, 6) is -0.298. The molecule has 1 heterocycles. The molecule has 1 aromatic rings. The molecule has 1 aromatic carbocycles. The Bertz CT molecular complexity index is 495. The lowest BCUT2D eigenvalue weighted by atomic mass is 10.1. The van der Waals surface area contributed by atoms with Crippen molar-refractivity contribution in [2.45, 2.75) is 19.3 Å².